The smallest absolute Gasteiger partial charge is 0.169 e. The standard InChI is InChI=1S/C34H28N2S3/c1-3-35-15-11-23(12-16-35)25-7-5-9-27(19-25)29-21-31-33(38-29)34-32(37-31)22-30(39-34)28-10-6-8-26(20-28)24-13-17-36(4-2)18-14-24/h5-22H,3-4H2,1-2H3/q+2. The second-order valence-corrected chi connectivity index (χ2v) is 12.9. The maximum absolute atomic E-state index is 2.38. The zero-order valence-corrected chi connectivity index (χ0v) is 24.4. The van der Waals surface area contributed by atoms with Crippen LogP contribution in [0.2, 0.25) is 0 Å². The van der Waals surface area contributed by atoms with E-state index in [1.54, 1.807) is 0 Å². The summed E-state index contributed by atoms with van der Waals surface area (Å²) in [6, 6.07) is 31.5. The second-order valence-electron chi connectivity index (χ2n) is 9.71. The lowest BCUT2D eigenvalue weighted by Gasteiger charge is -2.04. The van der Waals surface area contributed by atoms with Crippen molar-refractivity contribution in [3.05, 3.63) is 110 Å². The van der Waals surface area contributed by atoms with E-state index in [2.05, 4.69) is 133 Å². The van der Waals surface area contributed by atoms with Gasteiger partial charge in [0.25, 0.3) is 0 Å². The monoisotopic (exact) mass is 560 g/mol. The summed E-state index contributed by atoms with van der Waals surface area (Å²) in [5.74, 6) is 0. The Morgan fingerprint density at radius 1 is 0.462 bits per heavy atom. The Morgan fingerprint density at radius 3 is 1.28 bits per heavy atom. The second kappa shape index (κ2) is 10.2. The van der Waals surface area contributed by atoms with Gasteiger partial charge in [-0.15, -0.1) is 34.0 Å². The highest BCUT2D eigenvalue weighted by Crippen LogP contribution is 2.48. The van der Waals surface area contributed by atoms with Gasteiger partial charge in [0.1, 0.15) is 13.1 Å². The van der Waals surface area contributed by atoms with Gasteiger partial charge in [-0.1, -0.05) is 36.4 Å². The maximum Gasteiger partial charge on any atom is 0.169 e. The van der Waals surface area contributed by atoms with Crippen LogP contribution in [-0.4, -0.2) is 0 Å². The Labute approximate surface area is 240 Å². The molecule has 0 unspecified atom stereocenters. The zero-order chi connectivity index (χ0) is 26.3. The number of aromatic nitrogens is 2. The molecule has 5 heteroatoms. The fourth-order valence-corrected chi connectivity index (χ4v) is 9.06. The van der Waals surface area contributed by atoms with Crippen LogP contribution >= 0.6 is 34.0 Å². The molecule has 5 aromatic heterocycles. The molecule has 0 aliphatic rings. The van der Waals surface area contributed by atoms with Crippen LogP contribution in [-0.2, 0) is 13.1 Å². The number of rotatable bonds is 6. The van der Waals surface area contributed by atoms with Gasteiger partial charge < -0.3 is 0 Å². The molecule has 0 N–H and O–H groups in total. The van der Waals surface area contributed by atoms with E-state index in [9.17, 15) is 0 Å². The average Bonchev–Trinajstić information content (AvgIpc) is 3.69. The molecule has 0 saturated heterocycles. The van der Waals surface area contributed by atoms with E-state index < -0.39 is 0 Å². The van der Waals surface area contributed by atoms with Gasteiger partial charge in [-0.2, -0.15) is 0 Å². The maximum atomic E-state index is 2.38. The normalized spacial score (nSPS) is 11.5. The number of fused-ring (bicyclic) bond motifs is 3. The van der Waals surface area contributed by atoms with Crippen molar-refractivity contribution in [3.8, 4) is 43.1 Å². The van der Waals surface area contributed by atoms with Gasteiger partial charge in [-0.25, -0.2) is 9.13 Å². The Bertz CT molecular complexity index is 1780. The quantitative estimate of drug-likeness (QED) is 0.179. The van der Waals surface area contributed by atoms with Crippen molar-refractivity contribution < 1.29 is 9.13 Å². The summed E-state index contributed by atoms with van der Waals surface area (Å²) in [6.45, 7) is 6.31. The van der Waals surface area contributed by atoms with Crippen LogP contribution in [0.4, 0.5) is 0 Å². The Hall–Kier alpha value is -3.64. The minimum Gasteiger partial charge on any atom is -0.205 e. The zero-order valence-electron chi connectivity index (χ0n) is 21.9. The molecule has 39 heavy (non-hydrogen) atoms. The predicted molar refractivity (Wildman–Crippen MR) is 169 cm³/mol. The Balaban J connectivity index is 1.22. The molecule has 0 fully saturated rings. The lowest BCUT2D eigenvalue weighted by Crippen LogP contribution is -2.30. The van der Waals surface area contributed by atoms with E-state index in [4.69, 9.17) is 0 Å². The molecule has 0 radical (unpaired) electrons. The molecule has 2 nitrogen and oxygen atoms in total. The number of aryl methyl sites for hydroxylation is 2. The van der Waals surface area contributed by atoms with Gasteiger partial charge in [-0.05, 0) is 71.5 Å². The highest BCUT2D eigenvalue weighted by molar-refractivity contribution is 7.40. The highest BCUT2D eigenvalue weighted by atomic mass is 32.1. The highest BCUT2D eigenvalue weighted by Gasteiger charge is 2.16. The summed E-state index contributed by atoms with van der Waals surface area (Å²) < 4.78 is 10.00. The molecule has 0 saturated carbocycles. The third kappa shape index (κ3) is 4.61. The van der Waals surface area contributed by atoms with Gasteiger partial charge in [0.15, 0.2) is 24.8 Å². The first-order chi connectivity index (χ1) is 19.2. The van der Waals surface area contributed by atoms with Gasteiger partial charge in [0.05, 0.1) is 9.40 Å². The van der Waals surface area contributed by atoms with Crippen LogP contribution in [0, 0.1) is 0 Å². The van der Waals surface area contributed by atoms with Gasteiger partial charge >= 0.3 is 0 Å². The van der Waals surface area contributed by atoms with Crippen LogP contribution in [0.3, 0.4) is 0 Å². The van der Waals surface area contributed by atoms with E-state index in [0.717, 1.165) is 13.1 Å². The van der Waals surface area contributed by atoms with Crippen molar-refractivity contribution >= 4 is 52.8 Å². The number of nitrogens with zero attached hydrogens (tertiary/aromatic N) is 2. The largest absolute Gasteiger partial charge is 0.205 e. The molecule has 190 valence electrons. The van der Waals surface area contributed by atoms with E-state index in [1.165, 1.54) is 61.9 Å². The van der Waals surface area contributed by atoms with Crippen LogP contribution < -0.4 is 9.13 Å². The van der Waals surface area contributed by atoms with Crippen LogP contribution in [0.25, 0.3) is 61.9 Å². The molecule has 0 bridgehead atoms. The first-order valence-corrected chi connectivity index (χ1v) is 15.8. The minimum absolute atomic E-state index is 0.989. The lowest BCUT2D eigenvalue weighted by molar-refractivity contribution is -0.693. The number of benzene rings is 2. The van der Waals surface area contributed by atoms with Crippen LogP contribution in [0.5, 0.6) is 0 Å². The summed E-state index contributed by atoms with van der Waals surface area (Å²) in [5.41, 5.74) is 7.62. The van der Waals surface area contributed by atoms with Gasteiger partial charge in [0.2, 0.25) is 0 Å². The van der Waals surface area contributed by atoms with Crippen molar-refractivity contribution in [1.82, 2.24) is 0 Å². The fourth-order valence-electron chi connectivity index (χ4n) is 5.04. The molecule has 0 aliphatic heterocycles. The van der Waals surface area contributed by atoms with Crippen molar-refractivity contribution in [2.24, 2.45) is 0 Å². The van der Waals surface area contributed by atoms with E-state index >= 15 is 0 Å². The number of hydrogen-bond donors (Lipinski definition) is 0. The molecule has 7 rings (SSSR count). The first-order valence-electron chi connectivity index (χ1n) is 13.3. The number of hydrogen-bond acceptors (Lipinski definition) is 3. The molecule has 0 amide bonds. The topological polar surface area (TPSA) is 7.76 Å². The SMILES string of the molecule is CC[n+]1ccc(-c2cccc(-c3cc4sc5cc(-c6cccc(-c7cc[n+](CC)cc7)c6)sc5c4s3)c2)cc1. The average molecular weight is 561 g/mol. The Kier molecular flexibility index (Phi) is 6.36. The molecule has 0 spiro atoms. The van der Waals surface area contributed by atoms with Crippen molar-refractivity contribution in [3.63, 3.8) is 0 Å². The van der Waals surface area contributed by atoms with E-state index in [0.29, 0.717) is 0 Å². The van der Waals surface area contributed by atoms with Gasteiger partial charge in [0, 0.05) is 43.4 Å². The molecule has 0 atom stereocenters. The van der Waals surface area contributed by atoms with Crippen LogP contribution in [0.1, 0.15) is 13.8 Å². The third-order valence-electron chi connectivity index (χ3n) is 7.30. The van der Waals surface area contributed by atoms with E-state index in [1.807, 2.05) is 34.0 Å². The summed E-state index contributed by atoms with van der Waals surface area (Å²) in [6.07, 6.45) is 8.63. The predicted octanol–water partition coefficient (Wildman–Crippen LogP) is 9.46. The number of pyridine rings is 2. The lowest BCUT2D eigenvalue weighted by atomic mass is 10.0. The van der Waals surface area contributed by atoms with Crippen molar-refractivity contribution in [1.29, 1.82) is 0 Å². The summed E-state index contributed by atoms with van der Waals surface area (Å²) >= 11 is 5.76. The van der Waals surface area contributed by atoms with Crippen molar-refractivity contribution in [2.75, 3.05) is 0 Å². The van der Waals surface area contributed by atoms with Crippen molar-refractivity contribution in [2.45, 2.75) is 26.9 Å². The molecule has 5 heterocycles. The number of thiophene rings is 3. The van der Waals surface area contributed by atoms with Crippen LogP contribution in [0.15, 0.2) is 110 Å². The summed E-state index contributed by atoms with van der Waals surface area (Å²) in [4.78, 5) is 2.68. The summed E-state index contributed by atoms with van der Waals surface area (Å²) in [7, 11) is 0. The van der Waals surface area contributed by atoms with E-state index in [-0.39, 0.29) is 0 Å². The molecular formula is C34H28N2S3+2. The molecule has 2 aromatic carbocycles. The first kappa shape index (κ1) is 24.4. The van der Waals surface area contributed by atoms with Gasteiger partial charge in [-0.3, -0.25) is 0 Å². The Morgan fingerprint density at radius 2 is 0.872 bits per heavy atom. The fraction of sp³-hybridized carbons (Fsp3) is 0.118. The minimum atomic E-state index is 0.989. The molecule has 0 aliphatic carbocycles. The summed E-state index contributed by atoms with van der Waals surface area (Å²) in [5, 5.41) is 0. The third-order valence-corrected chi connectivity index (χ3v) is 11.2. The molecule has 7 aromatic rings. The molecular weight excluding hydrogens is 533 g/mol.